The molecule has 0 unspecified atom stereocenters. The van der Waals surface area contributed by atoms with Crippen LogP contribution in [0.5, 0.6) is 0 Å². The van der Waals surface area contributed by atoms with Crippen LogP contribution in [0.15, 0.2) is 36.4 Å². The monoisotopic (exact) mass is 490 g/mol. The second kappa shape index (κ2) is 7.79. The van der Waals surface area contributed by atoms with E-state index in [9.17, 15) is 18.0 Å². The molecule has 2 aromatic carbocycles. The highest BCUT2D eigenvalue weighted by Gasteiger charge is 2.34. The quantitative estimate of drug-likeness (QED) is 0.561. The van der Waals surface area contributed by atoms with E-state index < -0.39 is 23.2 Å². The summed E-state index contributed by atoms with van der Waals surface area (Å²) in [6, 6.07) is 8.67. The first-order valence-electron chi connectivity index (χ1n) is 8.30. The summed E-state index contributed by atoms with van der Waals surface area (Å²) >= 11 is 2.12. The molecule has 0 aromatic heterocycles. The minimum absolute atomic E-state index is 0.157. The first-order valence-corrected chi connectivity index (χ1v) is 9.38. The maximum atomic E-state index is 13.2. The lowest BCUT2D eigenvalue weighted by atomic mass is 9.90. The van der Waals surface area contributed by atoms with Crippen LogP contribution >= 0.6 is 22.6 Å². The molecule has 7 heteroatoms. The fourth-order valence-corrected chi connectivity index (χ4v) is 3.04. The van der Waals surface area contributed by atoms with Gasteiger partial charge in [0.25, 0.3) is 5.91 Å². The second-order valence-corrected chi connectivity index (χ2v) is 8.29. The Kier molecular flexibility index (Phi) is 6.26. The van der Waals surface area contributed by atoms with Gasteiger partial charge in [-0.15, -0.1) is 0 Å². The van der Waals surface area contributed by atoms with Crippen LogP contribution in [0, 0.1) is 10.5 Å². The van der Waals surface area contributed by atoms with Crippen molar-refractivity contribution in [2.75, 3.05) is 19.4 Å². The summed E-state index contributed by atoms with van der Waals surface area (Å²) in [5.41, 5.74) is 0.820. The molecule has 0 aliphatic heterocycles. The lowest BCUT2D eigenvalue weighted by Gasteiger charge is -2.35. The molecule has 0 fully saturated rings. The van der Waals surface area contributed by atoms with Gasteiger partial charge in [-0.25, -0.2) is 0 Å². The molecule has 27 heavy (non-hydrogen) atoms. The summed E-state index contributed by atoms with van der Waals surface area (Å²) in [6.45, 7) is 5.70. The van der Waals surface area contributed by atoms with Gasteiger partial charge in [0.15, 0.2) is 0 Å². The van der Waals surface area contributed by atoms with E-state index in [0.717, 1.165) is 21.3 Å². The molecular weight excluding hydrogens is 468 g/mol. The van der Waals surface area contributed by atoms with Crippen molar-refractivity contribution in [2.24, 2.45) is 0 Å². The Labute approximate surface area is 171 Å². The van der Waals surface area contributed by atoms with Crippen molar-refractivity contribution in [1.82, 2.24) is 4.90 Å². The van der Waals surface area contributed by atoms with Crippen molar-refractivity contribution in [3.8, 4) is 0 Å². The number of aryl methyl sites for hydroxylation is 1. The molecule has 1 N–H and O–H groups in total. The Hall–Kier alpha value is -1.61. The molecular formula is C20H22F3IN2O. The van der Waals surface area contributed by atoms with Gasteiger partial charge >= 0.3 is 6.18 Å². The largest absolute Gasteiger partial charge is 0.416 e. The normalized spacial score (nSPS) is 12.4. The highest BCUT2D eigenvalue weighted by atomic mass is 127. The highest BCUT2D eigenvalue weighted by molar-refractivity contribution is 14.1. The minimum atomic E-state index is -4.49. The third kappa shape index (κ3) is 4.82. The Morgan fingerprint density at radius 3 is 2.22 bits per heavy atom. The van der Waals surface area contributed by atoms with E-state index in [0.29, 0.717) is 11.1 Å². The van der Waals surface area contributed by atoms with Crippen molar-refractivity contribution in [3.63, 3.8) is 0 Å². The zero-order chi connectivity index (χ0) is 20.6. The van der Waals surface area contributed by atoms with E-state index in [1.165, 1.54) is 6.07 Å². The predicted molar refractivity (Wildman–Crippen MR) is 110 cm³/mol. The van der Waals surface area contributed by atoms with E-state index in [4.69, 9.17) is 0 Å². The highest BCUT2D eigenvalue weighted by Crippen LogP contribution is 2.37. The van der Waals surface area contributed by atoms with Crippen molar-refractivity contribution in [2.45, 2.75) is 32.5 Å². The number of anilines is 1. The molecule has 0 radical (unpaired) electrons. The standard InChI is InChI=1S/C20H22F3IN2O/c1-12-6-7-13(10-16(12)24)18(27)25-17-11-14(20(21,22)23)8-9-15(17)19(2,3)26(4)5/h6-11H,1-5H3,(H,25,27). The summed E-state index contributed by atoms with van der Waals surface area (Å²) in [5.74, 6) is -0.442. The van der Waals surface area contributed by atoms with Gasteiger partial charge in [0.05, 0.1) is 5.56 Å². The summed E-state index contributed by atoms with van der Waals surface area (Å²) in [7, 11) is 3.68. The number of benzene rings is 2. The average molecular weight is 490 g/mol. The summed E-state index contributed by atoms with van der Waals surface area (Å²) < 4.78 is 40.5. The molecule has 0 atom stereocenters. The van der Waals surface area contributed by atoms with E-state index in [-0.39, 0.29) is 5.69 Å². The van der Waals surface area contributed by atoms with Crippen molar-refractivity contribution >= 4 is 34.2 Å². The molecule has 3 nitrogen and oxygen atoms in total. The van der Waals surface area contributed by atoms with E-state index in [1.807, 2.05) is 45.8 Å². The van der Waals surface area contributed by atoms with Crippen LogP contribution in [0.25, 0.3) is 0 Å². The van der Waals surface area contributed by atoms with Crippen LogP contribution in [0.1, 0.15) is 40.9 Å². The number of hydrogen-bond donors (Lipinski definition) is 1. The maximum Gasteiger partial charge on any atom is 0.416 e. The molecule has 1 amide bonds. The second-order valence-electron chi connectivity index (χ2n) is 7.13. The molecule has 0 spiro atoms. The van der Waals surface area contributed by atoms with Gasteiger partial charge in [0.1, 0.15) is 0 Å². The maximum absolute atomic E-state index is 13.2. The van der Waals surface area contributed by atoms with Crippen LogP contribution in [0.4, 0.5) is 18.9 Å². The van der Waals surface area contributed by atoms with Crippen LogP contribution in [0.3, 0.4) is 0 Å². The number of nitrogens with one attached hydrogen (secondary N) is 1. The Morgan fingerprint density at radius 1 is 1.07 bits per heavy atom. The molecule has 0 bridgehead atoms. The fourth-order valence-electron chi connectivity index (χ4n) is 2.53. The SMILES string of the molecule is Cc1ccc(C(=O)Nc2cc(C(F)(F)F)ccc2C(C)(C)N(C)C)cc1I. The van der Waals surface area contributed by atoms with E-state index in [1.54, 1.807) is 12.1 Å². The molecule has 0 saturated carbocycles. The average Bonchev–Trinajstić information content (AvgIpc) is 2.56. The lowest BCUT2D eigenvalue weighted by Crippen LogP contribution is -2.36. The summed E-state index contributed by atoms with van der Waals surface area (Å²) in [6.07, 6.45) is -4.49. The van der Waals surface area contributed by atoms with Gasteiger partial charge in [-0.1, -0.05) is 12.1 Å². The van der Waals surface area contributed by atoms with Crippen LogP contribution < -0.4 is 5.32 Å². The van der Waals surface area contributed by atoms with Crippen LogP contribution in [0.2, 0.25) is 0 Å². The summed E-state index contributed by atoms with van der Waals surface area (Å²) in [5, 5.41) is 2.68. The number of carbonyl (C=O) groups excluding carboxylic acids is 1. The number of amides is 1. The van der Waals surface area contributed by atoms with Crippen molar-refractivity contribution < 1.29 is 18.0 Å². The molecule has 0 aliphatic rings. The predicted octanol–water partition coefficient (Wildman–Crippen LogP) is 5.67. The van der Waals surface area contributed by atoms with Gasteiger partial charge < -0.3 is 10.2 Å². The number of carbonyl (C=O) groups is 1. The lowest BCUT2D eigenvalue weighted by molar-refractivity contribution is -0.137. The van der Waals surface area contributed by atoms with E-state index in [2.05, 4.69) is 27.9 Å². The third-order valence-corrected chi connectivity index (χ3v) is 5.97. The molecule has 146 valence electrons. The molecule has 2 aromatic rings. The Bertz CT molecular complexity index is 861. The Balaban J connectivity index is 2.51. The van der Waals surface area contributed by atoms with Crippen molar-refractivity contribution in [1.29, 1.82) is 0 Å². The van der Waals surface area contributed by atoms with Crippen LogP contribution in [-0.4, -0.2) is 24.9 Å². The van der Waals surface area contributed by atoms with Gasteiger partial charge in [0.2, 0.25) is 0 Å². The van der Waals surface area contributed by atoms with E-state index >= 15 is 0 Å². The fraction of sp³-hybridized carbons (Fsp3) is 0.350. The van der Waals surface area contributed by atoms with Gasteiger partial charge in [0, 0.05) is 20.4 Å². The summed E-state index contributed by atoms with van der Waals surface area (Å²) in [4.78, 5) is 14.6. The molecule has 0 heterocycles. The molecule has 0 aliphatic carbocycles. The number of hydrogen-bond acceptors (Lipinski definition) is 2. The first kappa shape index (κ1) is 21.7. The van der Waals surface area contributed by atoms with Gasteiger partial charge in [-0.3, -0.25) is 4.79 Å². The molecule has 2 rings (SSSR count). The zero-order valence-corrected chi connectivity index (χ0v) is 18.0. The number of halogens is 4. The number of alkyl halides is 3. The number of nitrogens with zero attached hydrogens (tertiary/aromatic N) is 1. The first-order chi connectivity index (χ1) is 12.3. The van der Waals surface area contributed by atoms with Gasteiger partial charge in [-0.05, 0) is 92.8 Å². The minimum Gasteiger partial charge on any atom is -0.322 e. The van der Waals surface area contributed by atoms with Gasteiger partial charge in [-0.2, -0.15) is 13.2 Å². The van der Waals surface area contributed by atoms with Crippen LogP contribution in [-0.2, 0) is 11.7 Å². The Morgan fingerprint density at radius 2 is 1.70 bits per heavy atom. The smallest absolute Gasteiger partial charge is 0.322 e. The zero-order valence-electron chi connectivity index (χ0n) is 15.8. The third-order valence-electron chi connectivity index (χ3n) is 4.81. The molecule has 0 saturated heterocycles. The number of rotatable bonds is 4. The topological polar surface area (TPSA) is 32.3 Å². The van der Waals surface area contributed by atoms with Crippen molar-refractivity contribution in [3.05, 3.63) is 62.2 Å².